The smallest absolute Gasteiger partial charge is 0.204 e. The number of fused-ring (bicyclic) bond motifs is 1. The van der Waals surface area contributed by atoms with Crippen molar-refractivity contribution in [2.75, 3.05) is 32.1 Å². The molecule has 1 saturated heterocycles. The number of hydrogen-bond donors (Lipinski definition) is 0. The molecule has 0 N–H and O–H groups in total. The van der Waals surface area contributed by atoms with Gasteiger partial charge >= 0.3 is 0 Å². The number of rotatable bonds is 2. The predicted molar refractivity (Wildman–Crippen MR) is 85.3 cm³/mol. The number of likely N-dealkylation sites (tertiary alicyclic amines) is 1. The van der Waals surface area contributed by atoms with E-state index in [0.29, 0.717) is 17.4 Å². The van der Waals surface area contributed by atoms with E-state index in [-0.39, 0.29) is 0 Å². The van der Waals surface area contributed by atoms with Crippen LogP contribution in [0.3, 0.4) is 0 Å². The first kappa shape index (κ1) is 14.4. The van der Waals surface area contributed by atoms with Crippen LogP contribution in [0.25, 0.3) is 11.0 Å². The van der Waals surface area contributed by atoms with Crippen molar-refractivity contribution in [2.24, 2.45) is 0 Å². The first-order valence-corrected chi connectivity index (χ1v) is 7.79. The SMILES string of the molecule is CN1CCC(N(C)c2ncc3oc(C#N)cc3c2Br)CC1. The second kappa shape index (κ2) is 5.66. The van der Waals surface area contributed by atoms with Crippen molar-refractivity contribution in [1.29, 1.82) is 5.26 Å². The summed E-state index contributed by atoms with van der Waals surface area (Å²) < 4.78 is 6.31. The van der Waals surface area contributed by atoms with Gasteiger partial charge in [0.15, 0.2) is 5.58 Å². The molecular weight excluding hydrogens is 332 g/mol. The first-order valence-electron chi connectivity index (χ1n) is 6.99. The molecule has 21 heavy (non-hydrogen) atoms. The quantitative estimate of drug-likeness (QED) is 0.834. The van der Waals surface area contributed by atoms with Gasteiger partial charge in [-0.2, -0.15) is 5.26 Å². The van der Waals surface area contributed by atoms with Gasteiger partial charge in [0.25, 0.3) is 0 Å². The van der Waals surface area contributed by atoms with Crippen LogP contribution in [0, 0.1) is 11.3 Å². The lowest BCUT2D eigenvalue weighted by Crippen LogP contribution is -2.42. The van der Waals surface area contributed by atoms with Crippen LogP contribution < -0.4 is 4.90 Å². The van der Waals surface area contributed by atoms with Crippen molar-refractivity contribution < 1.29 is 4.42 Å². The summed E-state index contributed by atoms with van der Waals surface area (Å²) in [5.41, 5.74) is 0.638. The summed E-state index contributed by atoms with van der Waals surface area (Å²) in [6.45, 7) is 2.22. The molecule has 1 fully saturated rings. The molecule has 0 aromatic carbocycles. The minimum atomic E-state index is 0.312. The van der Waals surface area contributed by atoms with E-state index in [9.17, 15) is 0 Å². The zero-order valence-electron chi connectivity index (χ0n) is 12.1. The summed E-state index contributed by atoms with van der Waals surface area (Å²) in [5.74, 6) is 1.22. The molecule has 0 saturated carbocycles. The fourth-order valence-electron chi connectivity index (χ4n) is 2.83. The van der Waals surface area contributed by atoms with Crippen molar-refractivity contribution in [3.63, 3.8) is 0 Å². The zero-order valence-corrected chi connectivity index (χ0v) is 13.7. The van der Waals surface area contributed by atoms with Crippen LogP contribution in [0.5, 0.6) is 0 Å². The van der Waals surface area contributed by atoms with Gasteiger partial charge in [-0.3, -0.25) is 0 Å². The van der Waals surface area contributed by atoms with Crippen LogP contribution in [-0.4, -0.2) is 43.1 Å². The van der Waals surface area contributed by atoms with Gasteiger partial charge in [0.05, 0.1) is 10.7 Å². The van der Waals surface area contributed by atoms with Crippen molar-refractivity contribution in [1.82, 2.24) is 9.88 Å². The lowest BCUT2D eigenvalue weighted by molar-refractivity contribution is 0.252. The van der Waals surface area contributed by atoms with E-state index in [1.807, 2.05) is 6.07 Å². The van der Waals surface area contributed by atoms with Gasteiger partial charge in [0.1, 0.15) is 11.9 Å². The van der Waals surface area contributed by atoms with Gasteiger partial charge in [-0.05, 0) is 48.9 Å². The molecule has 3 rings (SSSR count). The van der Waals surface area contributed by atoms with Crippen molar-refractivity contribution in [3.8, 4) is 6.07 Å². The number of aromatic nitrogens is 1. The highest BCUT2D eigenvalue weighted by molar-refractivity contribution is 9.10. The number of pyridine rings is 1. The van der Waals surface area contributed by atoms with Crippen molar-refractivity contribution in [2.45, 2.75) is 18.9 Å². The Morgan fingerprint density at radius 1 is 1.48 bits per heavy atom. The first-order chi connectivity index (χ1) is 10.1. The van der Waals surface area contributed by atoms with E-state index in [2.05, 4.69) is 44.8 Å². The van der Waals surface area contributed by atoms with Gasteiger partial charge in [-0.1, -0.05) is 0 Å². The molecule has 110 valence electrons. The molecule has 0 spiro atoms. The number of furan rings is 1. The van der Waals surface area contributed by atoms with Crippen LogP contribution in [-0.2, 0) is 0 Å². The summed E-state index contributed by atoms with van der Waals surface area (Å²) in [4.78, 5) is 9.09. The number of nitrogens with zero attached hydrogens (tertiary/aromatic N) is 4. The summed E-state index contributed by atoms with van der Waals surface area (Å²) in [6.07, 6.45) is 3.96. The molecular formula is C15H17BrN4O. The van der Waals surface area contributed by atoms with Gasteiger partial charge in [-0.25, -0.2) is 4.98 Å². The Morgan fingerprint density at radius 3 is 2.86 bits per heavy atom. The Morgan fingerprint density at radius 2 is 2.19 bits per heavy atom. The molecule has 0 atom stereocenters. The molecule has 2 aromatic heterocycles. The number of hydrogen-bond acceptors (Lipinski definition) is 5. The number of anilines is 1. The van der Waals surface area contributed by atoms with Crippen LogP contribution >= 0.6 is 15.9 Å². The number of nitriles is 1. The normalized spacial score (nSPS) is 17.0. The number of halogens is 1. The Hall–Kier alpha value is -1.58. The maximum absolute atomic E-state index is 8.94. The van der Waals surface area contributed by atoms with E-state index in [4.69, 9.17) is 9.68 Å². The Labute approximate surface area is 132 Å². The highest BCUT2D eigenvalue weighted by atomic mass is 79.9. The average Bonchev–Trinajstić information content (AvgIpc) is 2.92. The van der Waals surface area contributed by atoms with E-state index >= 15 is 0 Å². The highest BCUT2D eigenvalue weighted by Crippen LogP contribution is 2.34. The molecule has 3 heterocycles. The van der Waals surface area contributed by atoms with Gasteiger partial charge < -0.3 is 14.2 Å². The van der Waals surface area contributed by atoms with Crippen molar-refractivity contribution in [3.05, 3.63) is 22.5 Å². The second-order valence-corrected chi connectivity index (χ2v) is 6.33. The van der Waals surface area contributed by atoms with Crippen LogP contribution in [0.2, 0.25) is 0 Å². The lowest BCUT2D eigenvalue weighted by Gasteiger charge is -2.36. The summed E-state index contributed by atoms with van der Waals surface area (Å²) >= 11 is 3.62. The molecule has 1 aliphatic heterocycles. The van der Waals surface area contributed by atoms with Gasteiger partial charge in [-0.15, -0.1) is 0 Å². The lowest BCUT2D eigenvalue weighted by atomic mass is 10.0. The maximum atomic E-state index is 8.94. The third-order valence-electron chi connectivity index (χ3n) is 4.18. The average molecular weight is 349 g/mol. The number of piperidine rings is 1. The summed E-state index contributed by atoms with van der Waals surface area (Å²) in [5, 5.41) is 9.84. The van der Waals surface area contributed by atoms with Gasteiger partial charge in [0, 0.05) is 24.5 Å². The maximum Gasteiger partial charge on any atom is 0.204 e. The van der Waals surface area contributed by atoms with Crippen LogP contribution in [0.15, 0.2) is 21.2 Å². The molecule has 0 unspecified atom stereocenters. The minimum Gasteiger partial charge on any atom is -0.444 e. The van der Waals surface area contributed by atoms with E-state index in [0.717, 1.165) is 41.6 Å². The fourth-order valence-corrected chi connectivity index (χ4v) is 3.52. The Kier molecular flexibility index (Phi) is 3.87. The monoisotopic (exact) mass is 348 g/mol. The predicted octanol–water partition coefficient (Wildman–Crippen LogP) is 2.99. The van der Waals surface area contributed by atoms with Gasteiger partial charge in [0.2, 0.25) is 5.76 Å². The third-order valence-corrected chi connectivity index (χ3v) is 4.96. The fraction of sp³-hybridized carbons (Fsp3) is 0.467. The van der Waals surface area contributed by atoms with E-state index in [1.165, 1.54) is 0 Å². The molecule has 5 nitrogen and oxygen atoms in total. The standard InChI is InChI=1S/C15H17BrN4O/c1-19-5-3-10(4-6-19)20(2)15-14(16)12-7-11(8-17)21-13(12)9-18-15/h7,9-10H,3-6H2,1-2H3. The molecule has 0 amide bonds. The van der Waals surface area contributed by atoms with Crippen molar-refractivity contribution >= 4 is 32.7 Å². The molecule has 6 heteroatoms. The molecule has 1 aliphatic rings. The molecule has 0 radical (unpaired) electrons. The third kappa shape index (κ3) is 2.63. The minimum absolute atomic E-state index is 0.312. The molecule has 2 aromatic rings. The molecule has 0 bridgehead atoms. The topological polar surface area (TPSA) is 56.3 Å². The summed E-state index contributed by atoms with van der Waals surface area (Å²) in [6, 6.07) is 4.27. The molecule has 0 aliphatic carbocycles. The zero-order chi connectivity index (χ0) is 15.0. The summed E-state index contributed by atoms with van der Waals surface area (Å²) in [7, 11) is 4.24. The second-order valence-electron chi connectivity index (χ2n) is 5.54. The Balaban J connectivity index is 1.93. The van der Waals surface area contributed by atoms with E-state index in [1.54, 1.807) is 12.3 Å². The van der Waals surface area contributed by atoms with E-state index < -0.39 is 0 Å². The van der Waals surface area contributed by atoms with Crippen LogP contribution in [0.4, 0.5) is 5.82 Å². The van der Waals surface area contributed by atoms with Crippen LogP contribution in [0.1, 0.15) is 18.6 Å². The highest BCUT2D eigenvalue weighted by Gasteiger charge is 2.24. The Bertz CT molecular complexity index is 697. The largest absolute Gasteiger partial charge is 0.444 e.